The Bertz CT molecular complexity index is 432. The van der Waals surface area contributed by atoms with Crippen LogP contribution in [0.2, 0.25) is 0 Å². The number of nitrogens with zero attached hydrogens (tertiary/aromatic N) is 2. The molecule has 0 N–H and O–H groups in total. The fourth-order valence-electron chi connectivity index (χ4n) is 3.28. The molecule has 0 bridgehead atoms. The molecule has 0 aromatic rings. The maximum atomic E-state index is 12.2. The van der Waals surface area contributed by atoms with Gasteiger partial charge in [0.05, 0.1) is 10.5 Å². The van der Waals surface area contributed by atoms with Gasteiger partial charge in [-0.2, -0.15) is 0 Å². The SMILES string of the molecule is CC(CC(C)S(=O)(=O)C(C)C)CN1CCN(C(C)(C)C)CC1. The van der Waals surface area contributed by atoms with E-state index in [1.807, 2.05) is 6.92 Å². The molecule has 2 atom stereocenters. The van der Waals surface area contributed by atoms with Crippen LogP contribution in [0.1, 0.15) is 54.9 Å². The average molecular weight is 333 g/mol. The molecule has 132 valence electrons. The van der Waals surface area contributed by atoms with E-state index in [9.17, 15) is 8.42 Å². The van der Waals surface area contributed by atoms with Crippen molar-refractivity contribution in [2.75, 3.05) is 32.7 Å². The van der Waals surface area contributed by atoms with E-state index in [2.05, 4.69) is 37.5 Å². The Balaban J connectivity index is 2.43. The molecule has 1 aliphatic rings. The lowest BCUT2D eigenvalue weighted by Crippen LogP contribution is -2.54. The number of hydrogen-bond acceptors (Lipinski definition) is 4. The van der Waals surface area contributed by atoms with Crippen LogP contribution >= 0.6 is 0 Å². The molecule has 0 amide bonds. The first kappa shape index (κ1) is 19.9. The van der Waals surface area contributed by atoms with Crippen molar-refractivity contribution in [3.8, 4) is 0 Å². The third-order valence-electron chi connectivity index (χ3n) is 4.84. The Morgan fingerprint density at radius 3 is 1.86 bits per heavy atom. The second-order valence-electron chi connectivity index (χ2n) is 8.25. The van der Waals surface area contributed by atoms with Crippen molar-refractivity contribution in [3.63, 3.8) is 0 Å². The standard InChI is InChI=1S/C17H36N2O2S/c1-14(2)22(20,21)16(4)12-15(3)13-18-8-10-19(11-9-18)17(5,6)7/h14-16H,8-13H2,1-7H3. The van der Waals surface area contributed by atoms with Gasteiger partial charge in [0.1, 0.15) is 0 Å². The highest BCUT2D eigenvalue weighted by atomic mass is 32.2. The second-order valence-corrected chi connectivity index (χ2v) is 11.2. The minimum absolute atomic E-state index is 0.238. The summed E-state index contributed by atoms with van der Waals surface area (Å²) < 4.78 is 24.4. The molecule has 0 radical (unpaired) electrons. The van der Waals surface area contributed by atoms with Crippen LogP contribution in [-0.4, -0.2) is 67.0 Å². The van der Waals surface area contributed by atoms with Gasteiger partial charge in [-0.3, -0.25) is 4.90 Å². The summed E-state index contributed by atoms with van der Waals surface area (Å²) >= 11 is 0. The Morgan fingerprint density at radius 2 is 1.45 bits per heavy atom. The number of rotatable bonds is 6. The maximum Gasteiger partial charge on any atom is 0.155 e. The summed E-state index contributed by atoms with van der Waals surface area (Å²) in [5, 5.41) is -0.511. The van der Waals surface area contributed by atoms with Gasteiger partial charge in [-0.25, -0.2) is 8.42 Å². The summed E-state index contributed by atoms with van der Waals surface area (Å²) in [4.78, 5) is 5.02. The molecule has 5 heteroatoms. The molecular formula is C17H36N2O2S. The fourth-order valence-corrected chi connectivity index (χ4v) is 4.81. The zero-order valence-electron chi connectivity index (χ0n) is 15.6. The van der Waals surface area contributed by atoms with Crippen molar-refractivity contribution in [1.29, 1.82) is 0 Å². The van der Waals surface area contributed by atoms with Gasteiger partial charge in [0.2, 0.25) is 0 Å². The summed E-state index contributed by atoms with van der Waals surface area (Å²) in [7, 11) is -2.97. The highest BCUT2D eigenvalue weighted by molar-refractivity contribution is 7.92. The average Bonchev–Trinajstić information content (AvgIpc) is 2.37. The van der Waals surface area contributed by atoms with E-state index in [1.54, 1.807) is 13.8 Å². The third-order valence-corrected chi connectivity index (χ3v) is 7.47. The zero-order chi connectivity index (χ0) is 17.1. The molecule has 1 saturated heterocycles. The van der Waals surface area contributed by atoms with Crippen LogP contribution in [0.3, 0.4) is 0 Å². The smallest absolute Gasteiger partial charge is 0.155 e. The molecule has 1 aliphatic heterocycles. The molecule has 4 nitrogen and oxygen atoms in total. The predicted octanol–water partition coefficient (Wildman–Crippen LogP) is 2.64. The van der Waals surface area contributed by atoms with Crippen LogP contribution in [0.4, 0.5) is 0 Å². The second kappa shape index (κ2) is 7.63. The van der Waals surface area contributed by atoms with E-state index in [-0.39, 0.29) is 16.0 Å². The maximum absolute atomic E-state index is 12.2. The number of piperazine rings is 1. The van der Waals surface area contributed by atoms with E-state index in [4.69, 9.17) is 0 Å². The predicted molar refractivity (Wildman–Crippen MR) is 95.1 cm³/mol. The lowest BCUT2D eigenvalue weighted by atomic mass is 10.0. The normalized spacial score (nSPS) is 22.0. The molecule has 0 spiro atoms. The van der Waals surface area contributed by atoms with Gasteiger partial charge >= 0.3 is 0 Å². The zero-order valence-corrected chi connectivity index (χ0v) is 16.4. The van der Waals surface area contributed by atoms with Crippen molar-refractivity contribution < 1.29 is 8.42 Å². The number of hydrogen-bond donors (Lipinski definition) is 0. The molecule has 0 aromatic heterocycles. The van der Waals surface area contributed by atoms with Gasteiger partial charge < -0.3 is 4.90 Å². The lowest BCUT2D eigenvalue weighted by Gasteiger charge is -2.43. The van der Waals surface area contributed by atoms with Crippen molar-refractivity contribution in [2.24, 2.45) is 5.92 Å². The van der Waals surface area contributed by atoms with Crippen molar-refractivity contribution >= 4 is 9.84 Å². The van der Waals surface area contributed by atoms with Crippen LogP contribution in [-0.2, 0) is 9.84 Å². The first-order chi connectivity index (χ1) is 9.94. The third kappa shape index (κ3) is 5.50. The van der Waals surface area contributed by atoms with Gasteiger partial charge in [-0.1, -0.05) is 6.92 Å². The fraction of sp³-hybridized carbons (Fsp3) is 1.00. The van der Waals surface area contributed by atoms with Gasteiger partial charge in [-0.05, 0) is 53.9 Å². The first-order valence-corrected chi connectivity index (χ1v) is 10.3. The van der Waals surface area contributed by atoms with E-state index in [0.29, 0.717) is 5.92 Å². The molecule has 1 heterocycles. The molecule has 0 saturated carbocycles. The Morgan fingerprint density at radius 1 is 0.955 bits per heavy atom. The largest absolute Gasteiger partial charge is 0.301 e. The van der Waals surface area contributed by atoms with Crippen LogP contribution in [0, 0.1) is 5.92 Å². The monoisotopic (exact) mass is 332 g/mol. The summed E-state index contributed by atoms with van der Waals surface area (Å²) in [5.41, 5.74) is 0.248. The minimum Gasteiger partial charge on any atom is -0.301 e. The summed E-state index contributed by atoms with van der Waals surface area (Å²) in [6.07, 6.45) is 0.764. The van der Waals surface area contributed by atoms with Crippen LogP contribution in [0.25, 0.3) is 0 Å². The van der Waals surface area contributed by atoms with Crippen LogP contribution < -0.4 is 0 Å². The molecule has 2 unspecified atom stereocenters. The minimum atomic E-state index is -2.97. The van der Waals surface area contributed by atoms with Crippen molar-refractivity contribution in [1.82, 2.24) is 9.80 Å². The van der Waals surface area contributed by atoms with Gasteiger partial charge in [-0.15, -0.1) is 0 Å². The molecule has 1 rings (SSSR count). The quantitative estimate of drug-likeness (QED) is 0.750. The van der Waals surface area contributed by atoms with Crippen LogP contribution in [0.15, 0.2) is 0 Å². The summed E-state index contributed by atoms with van der Waals surface area (Å²) in [6.45, 7) is 19.8. The van der Waals surface area contributed by atoms with Crippen molar-refractivity contribution in [2.45, 2.75) is 70.9 Å². The van der Waals surface area contributed by atoms with E-state index >= 15 is 0 Å². The van der Waals surface area contributed by atoms with E-state index in [1.165, 1.54) is 0 Å². The van der Waals surface area contributed by atoms with E-state index < -0.39 is 9.84 Å². The van der Waals surface area contributed by atoms with Crippen molar-refractivity contribution in [3.05, 3.63) is 0 Å². The number of sulfone groups is 1. The van der Waals surface area contributed by atoms with Gasteiger partial charge in [0.15, 0.2) is 9.84 Å². The lowest BCUT2D eigenvalue weighted by molar-refractivity contribution is 0.0559. The summed E-state index contributed by atoms with van der Waals surface area (Å²) in [6, 6.07) is 0. The molecular weight excluding hydrogens is 296 g/mol. The Labute approximate surface area is 138 Å². The summed E-state index contributed by atoms with van der Waals surface area (Å²) in [5.74, 6) is 0.421. The highest BCUT2D eigenvalue weighted by Crippen LogP contribution is 2.20. The molecule has 0 aromatic carbocycles. The topological polar surface area (TPSA) is 40.6 Å². The van der Waals surface area contributed by atoms with E-state index in [0.717, 1.165) is 39.1 Å². The first-order valence-electron chi connectivity index (χ1n) is 8.64. The van der Waals surface area contributed by atoms with Crippen LogP contribution in [0.5, 0.6) is 0 Å². The Hall–Kier alpha value is -0.130. The van der Waals surface area contributed by atoms with Gasteiger partial charge in [0, 0.05) is 38.3 Å². The van der Waals surface area contributed by atoms with Gasteiger partial charge in [0.25, 0.3) is 0 Å². The molecule has 0 aliphatic carbocycles. The molecule has 1 fully saturated rings. The highest BCUT2D eigenvalue weighted by Gasteiger charge is 2.29. The molecule has 22 heavy (non-hydrogen) atoms. The Kier molecular flexibility index (Phi) is 6.90.